The Balaban J connectivity index is 1.52. The predicted octanol–water partition coefficient (Wildman–Crippen LogP) is -0.273. The minimum absolute atomic E-state index is 0.158. The first-order chi connectivity index (χ1) is 11.0. The van der Waals surface area contributed by atoms with Crippen LogP contribution in [-0.2, 0) is 4.79 Å². The van der Waals surface area contributed by atoms with Crippen LogP contribution < -0.4 is 16.8 Å². The molecule has 126 valence electrons. The summed E-state index contributed by atoms with van der Waals surface area (Å²) in [4.78, 5) is 28.9. The highest BCUT2D eigenvalue weighted by molar-refractivity contribution is 5.95. The van der Waals surface area contributed by atoms with E-state index < -0.39 is 5.91 Å². The van der Waals surface area contributed by atoms with Gasteiger partial charge in [-0.05, 0) is 25.2 Å². The van der Waals surface area contributed by atoms with Crippen LogP contribution in [0.4, 0.5) is 5.82 Å². The second-order valence-electron chi connectivity index (χ2n) is 6.49. The average Bonchev–Trinajstić information content (AvgIpc) is 2.92. The quantitative estimate of drug-likeness (QED) is 0.705. The average molecular weight is 320 g/mol. The lowest BCUT2D eigenvalue weighted by Gasteiger charge is -2.35. The first kappa shape index (κ1) is 15.8. The molecule has 2 fully saturated rings. The van der Waals surface area contributed by atoms with E-state index in [0.717, 1.165) is 45.4 Å². The zero-order valence-electron chi connectivity index (χ0n) is 13.2. The number of nitrogen functional groups attached to an aromatic ring is 1. The molecule has 0 spiro atoms. The third kappa shape index (κ3) is 3.47. The number of nitrogens with one attached hydrogen (secondary N) is 1. The summed E-state index contributed by atoms with van der Waals surface area (Å²) in [6, 6.07) is 0.262. The Bertz CT molecular complexity index is 581. The lowest BCUT2D eigenvalue weighted by atomic mass is 9.96. The molecular weight excluding hydrogens is 296 g/mol. The third-order valence-corrected chi connectivity index (χ3v) is 4.90. The topological polar surface area (TPSA) is 119 Å². The molecule has 3 heterocycles. The van der Waals surface area contributed by atoms with Crippen molar-refractivity contribution in [3.05, 3.63) is 12.0 Å². The molecule has 2 amide bonds. The van der Waals surface area contributed by atoms with Gasteiger partial charge in [-0.2, -0.15) is 0 Å². The van der Waals surface area contributed by atoms with Gasteiger partial charge in [-0.15, -0.1) is 0 Å². The molecule has 0 radical (unpaired) electrons. The molecule has 1 aromatic rings. The van der Waals surface area contributed by atoms with Gasteiger partial charge in [-0.3, -0.25) is 9.59 Å². The van der Waals surface area contributed by atoms with Gasteiger partial charge in [0.05, 0.1) is 6.33 Å². The summed E-state index contributed by atoms with van der Waals surface area (Å²) in [6.07, 6.45) is 5.17. The van der Waals surface area contributed by atoms with Gasteiger partial charge in [0.1, 0.15) is 5.82 Å². The number of rotatable bonds is 4. The molecule has 8 heteroatoms. The Morgan fingerprint density at radius 1 is 1.35 bits per heavy atom. The Hall–Kier alpha value is -2.09. The van der Waals surface area contributed by atoms with Gasteiger partial charge >= 0.3 is 0 Å². The first-order valence-electron chi connectivity index (χ1n) is 8.15. The van der Waals surface area contributed by atoms with Crippen molar-refractivity contribution in [3.8, 4) is 0 Å². The molecule has 0 aliphatic carbocycles. The number of amides is 2. The molecule has 23 heavy (non-hydrogen) atoms. The molecular formula is C15H24N6O2. The van der Waals surface area contributed by atoms with Gasteiger partial charge in [-0.1, -0.05) is 0 Å². The minimum Gasteiger partial charge on any atom is -0.383 e. The second-order valence-corrected chi connectivity index (χ2v) is 6.49. The zero-order chi connectivity index (χ0) is 16.4. The molecule has 0 aromatic carbocycles. The first-order valence-corrected chi connectivity index (χ1v) is 8.15. The number of carbonyl (C=O) groups is 2. The highest BCUT2D eigenvalue weighted by Gasteiger charge is 2.26. The number of aromatic nitrogens is 2. The number of nitrogens with zero attached hydrogens (tertiary/aromatic N) is 3. The zero-order valence-corrected chi connectivity index (χ0v) is 13.2. The largest absolute Gasteiger partial charge is 0.383 e. The fourth-order valence-corrected chi connectivity index (χ4v) is 3.54. The molecule has 2 aliphatic rings. The fourth-order valence-electron chi connectivity index (χ4n) is 3.54. The van der Waals surface area contributed by atoms with E-state index in [0.29, 0.717) is 18.2 Å². The number of imidazole rings is 1. The Labute approximate surface area is 135 Å². The third-order valence-electron chi connectivity index (χ3n) is 4.90. The van der Waals surface area contributed by atoms with Crippen molar-refractivity contribution in [2.45, 2.75) is 31.7 Å². The van der Waals surface area contributed by atoms with Gasteiger partial charge in [0, 0.05) is 38.6 Å². The fraction of sp³-hybridized carbons (Fsp3) is 0.667. The molecule has 3 rings (SSSR count). The highest BCUT2D eigenvalue weighted by atomic mass is 16.2. The molecule has 1 atom stereocenters. The smallest absolute Gasteiger partial charge is 0.271 e. The minimum atomic E-state index is -0.585. The molecule has 8 nitrogen and oxygen atoms in total. The normalized spacial score (nSPS) is 23.7. The Morgan fingerprint density at radius 3 is 2.65 bits per heavy atom. The van der Waals surface area contributed by atoms with Gasteiger partial charge in [0.2, 0.25) is 5.91 Å². The van der Waals surface area contributed by atoms with E-state index in [9.17, 15) is 9.59 Å². The Morgan fingerprint density at radius 2 is 2.09 bits per heavy atom. The second kappa shape index (κ2) is 6.57. The predicted molar refractivity (Wildman–Crippen MR) is 85.6 cm³/mol. The van der Waals surface area contributed by atoms with E-state index in [1.165, 1.54) is 0 Å². The lowest BCUT2D eigenvalue weighted by molar-refractivity contribution is -0.123. The standard InChI is InChI=1S/C15H24N6O2/c16-14-13(15(17)23)19-9-21(14)11-3-5-20(6-4-11)8-10-1-2-12(22)18-7-10/h9-11H,1-8,16H2,(H2,17,23)(H,18,22). The van der Waals surface area contributed by atoms with Gasteiger partial charge in [0.25, 0.3) is 5.91 Å². The van der Waals surface area contributed by atoms with E-state index in [4.69, 9.17) is 11.5 Å². The summed E-state index contributed by atoms with van der Waals surface area (Å²) < 4.78 is 1.87. The van der Waals surface area contributed by atoms with Crippen molar-refractivity contribution in [2.75, 3.05) is 31.9 Å². The van der Waals surface area contributed by atoms with Crippen LogP contribution in [0.3, 0.4) is 0 Å². The summed E-state index contributed by atoms with van der Waals surface area (Å²) in [5.74, 6) is 0.494. The summed E-state index contributed by atoms with van der Waals surface area (Å²) in [7, 11) is 0. The van der Waals surface area contributed by atoms with Crippen molar-refractivity contribution >= 4 is 17.6 Å². The van der Waals surface area contributed by atoms with E-state index in [2.05, 4.69) is 15.2 Å². The monoisotopic (exact) mass is 320 g/mol. The number of primary amides is 1. The van der Waals surface area contributed by atoms with E-state index >= 15 is 0 Å². The maximum atomic E-state index is 11.2. The Kier molecular flexibility index (Phi) is 4.51. The van der Waals surface area contributed by atoms with E-state index in [1.54, 1.807) is 6.33 Å². The van der Waals surface area contributed by atoms with Gasteiger partial charge in [-0.25, -0.2) is 4.98 Å². The van der Waals surface area contributed by atoms with Crippen LogP contribution in [0.25, 0.3) is 0 Å². The number of nitrogens with two attached hydrogens (primary N) is 2. The molecule has 1 aromatic heterocycles. The van der Waals surface area contributed by atoms with Crippen molar-refractivity contribution in [1.29, 1.82) is 0 Å². The van der Waals surface area contributed by atoms with Crippen LogP contribution in [0.2, 0.25) is 0 Å². The lowest BCUT2D eigenvalue weighted by Crippen LogP contribution is -2.43. The van der Waals surface area contributed by atoms with Crippen molar-refractivity contribution in [1.82, 2.24) is 19.8 Å². The van der Waals surface area contributed by atoms with E-state index in [1.807, 2.05) is 4.57 Å². The SMILES string of the molecule is NC(=O)c1ncn(C2CCN(CC3CCC(=O)NC3)CC2)c1N. The summed E-state index contributed by atoms with van der Waals surface area (Å²) in [5, 5.41) is 2.94. The summed E-state index contributed by atoms with van der Waals surface area (Å²) in [6.45, 7) is 3.78. The number of carbonyl (C=O) groups excluding carboxylic acids is 2. The van der Waals surface area contributed by atoms with Crippen LogP contribution >= 0.6 is 0 Å². The summed E-state index contributed by atoms with van der Waals surface area (Å²) in [5.41, 5.74) is 11.4. The van der Waals surface area contributed by atoms with Crippen LogP contribution in [-0.4, -0.2) is 52.4 Å². The maximum absolute atomic E-state index is 11.2. The van der Waals surface area contributed by atoms with Crippen LogP contribution in [0, 0.1) is 5.92 Å². The molecule has 2 saturated heterocycles. The molecule has 5 N–H and O–H groups in total. The van der Waals surface area contributed by atoms with Crippen LogP contribution in [0.5, 0.6) is 0 Å². The number of hydrogen-bond donors (Lipinski definition) is 3. The summed E-state index contributed by atoms with van der Waals surface area (Å²) >= 11 is 0. The number of hydrogen-bond acceptors (Lipinski definition) is 5. The van der Waals surface area contributed by atoms with E-state index in [-0.39, 0.29) is 17.6 Å². The number of likely N-dealkylation sites (tertiary alicyclic amines) is 1. The molecule has 1 unspecified atom stereocenters. The van der Waals surface area contributed by atoms with Gasteiger partial charge < -0.3 is 26.3 Å². The van der Waals surface area contributed by atoms with Crippen LogP contribution in [0.15, 0.2) is 6.33 Å². The van der Waals surface area contributed by atoms with Crippen molar-refractivity contribution in [2.24, 2.45) is 11.7 Å². The molecule has 2 aliphatic heterocycles. The maximum Gasteiger partial charge on any atom is 0.271 e. The van der Waals surface area contributed by atoms with Crippen LogP contribution in [0.1, 0.15) is 42.2 Å². The van der Waals surface area contributed by atoms with Crippen molar-refractivity contribution in [3.63, 3.8) is 0 Å². The number of piperidine rings is 2. The van der Waals surface area contributed by atoms with Crippen molar-refractivity contribution < 1.29 is 9.59 Å². The van der Waals surface area contributed by atoms with Gasteiger partial charge in [0.15, 0.2) is 5.69 Å². The molecule has 0 bridgehead atoms. The number of anilines is 1. The highest BCUT2D eigenvalue weighted by Crippen LogP contribution is 2.27. The molecule has 0 saturated carbocycles.